The smallest absolute Gasteiger partial charge is 0.155 e. The fraction of sp³-hybridized carbons (Fsp3) is 1.00. The molecule has 3 nitrogen and oxygen atoms in total. The maximum Gasteiger partial charge on any atom is 0.155 e. The summed E-state index contributed by atoms with van der Waals surface area (Å²) in [4.78, 5) is 1.81. The van der Waals surface area contributed by atoms with E-state index in [0.717, 1.165) is 16.8 Å². The van der Waals surface area contributed by atoms with Crippen molar-refractivity contribution in [1.82, 2.24) is 4.90 Å². The van der Waals surface area contributed by atoms with Crippen molar-refractivity contribution in [3.8, 4) is 0 Å². The highest BCUT2D eigenvalue weighted by Gasteiger charge is 2.10. The summed E-state index contributed by atoms with van der Waals surface area (Å²) in [5.41, 5.74) is -0.364. The average molecular weight is 193 g/mol. The molecule has 0 aromatic carbocycles. The average Bonchev–Trinajstić information content (AvgIpc) is 1.84. The summed E-state index contributed by atoms with van der Waals surface area (Å²) in [6.07, 6.45) is 0. The molecule has 0 radical (unpaired) electrons. The van der Waals surface area contributed by atoms with Gasteiger partial charge in [0, 0.05) is 5.75 Å². The minimum Gasteiger partial charge on any atom is -0.369 e. The van der Waals surface area contributed by atoms with Gasteiger partial charge in [-0.25, -0.2) is 0 Å². The van der Waals surface area contributed by atoms with Crippen molar-refractivity contribution in [2.75, 3.05) is 47.5 Å². The van der Waals surface area contributed by atoms with Crippen molar-refractivity contribution in [1.29, 1.82) is 0 Å². The lowest BCUT2D eigenvalue weighted by Gasteiger charge is -2.25. The molecular formula is C8H21N2OS+. The molecule has 0 aliphatic heterocycles. The molecule has 1 unspecified atom stereocenters. The van der Waals surface area contributed by atoms with Gasteiger partial charge in [0.1, 0.15) is 0 Å². The minimum atomic E-state index is -0.364. The lowest BCUT2D eigenvalue weighted by Crippen LogP contribution is -2.37. The number of rotatable bonds is 5. The predicted molar refractivity (Wildman–Crippen MR) is 55.1 cm³/mol. The van der Waals surface area contributed by atoms with E-state index in [1.54, 1.807) is 16.7 Å². The van der Waals surface area contributed by atoms with Gasteiger partial charge in [-0.3, -0.25) is 4.90 Å². The van der Waals surface area contributed by atoms with Crippen molar-refractivity contribution in [3.05, 3.63) is 0 Å². The van der Waals surface area contributed by atoms with E-state index in [0.29, 0.717) is 0 Å². The molecule has 12 heavy (non-hydrogen) atoms. The quantitative estimate of drug-likeness (QED) is 0.500. The van der Waals surface area contributed by atoms with Crippen molar-refractivity contribution >= 4 is 11.8 Å². The molecule has 0 fully saturated rings. The van der Waals surface area contributed by atoms with Crippen LogP contribution in [0.1, 0.15) is 0 Å². The van der Waals surface area contributed by atoms with Crippen molar-refractivity contribution in [2.24, 2.45) is 0 Å². The third-order valence-corrected chi connectivity index (χ3v) is 2.61. The van der Waals surface area contributed by atoms with Gasteiger partial charge in [0.05, 0.1) is 27.7 Å². The fourth-order valence-corrected chi connectivity index (χ4v) is 1.74. The Hall–Kier alpha value is 0.230. The normalized spacial score (nSPS) is 15.2. The Morgan fingerprint density at radius 2 is 1.83 bits per heavy atom. The minimum absolute atomic E-state index is 0.364. The third kappa shape index (κ3) is 6.91. The summed E-state index contributed by atoms with van der Waals surface area (Å²) in [6.45, 7) is 1.08. The van der Waals surface area contributed by atoms with E-state index >= 15 is 0 Å². The molecule has 0 rings (SSSR count). The molecule has 0 saturated heterocycles. The highest BCUT2D eigenvalue weighted by Crippen LogP contribution is 2.10. The molecule has 0 heterocycles. The van der Waals surface area contributed by atoms with Gasteiger partial charge in [-0.2, -0.15) is 0 Å². The summed E-state index contributed by atoms with van der Waals surface area (Å²) in [7, 11) is 10.2. The van der Waals surface area contributed by atoms with Crippen LogP contribution >= 0.6 is 11.8 Å². The highest BCUT2D eigenvalue weighted by atomic mass is 32.2. The van der Waals surface area contributed by atoms with Crippen molar-refractivity contribution in [2.45, 2.75) is 5.56 Å². The number of aliphatic hydroxyl groups excluding tert-OH is 1. The second-order valence-corrected chi connectivity index (χ2v) is 5.34. The first-order valence-corrected chi connectivity index (χ1v) is 5.14. The molecular weight excluding hydrogens is 172 g/mol. The van der Waals surface area contributed by atoms with Gasteiger partial charge in [0.25, 0.3) is 0 Å². The Kier molecular flexibility index (Phi) is 5.16. The number of thioether (sulfide) groups is 1. The van der Waals surface area contributed by atoms with Gasteiger partial charge in [0.15, 0.2) is 5.56 Å². The molecule has 0 spiro atoms. The van der Waals surface area contributed by atoms with Crippen molar-refractivity contribution < 1.29 is 9.59 Å². The highest BCUT2D eigenvalue weighted by molar-refractivity contribution is 7.99. The molecule has 0 amide bonds. The van der Waals surface area contributed by atoms with Crippen LogP contribution < -0.4 is 0 Å². The second-order valence-electron chi connectivity index (χ2n) is 4.17. The van der Waals surface area contributed by atoms with Crippen LogP contribution in [-0.4, -0.2) is 67.6 Å². The zero-order chi connectivity index (χ0) is 9.78. The fourth-order valence-electron chi connectivity index (χ4n) is 0.581. The van der Waals surface area contributed by atoms with Gasteiger partial charge in [-0.15, -0.1) is 11.8 Å². The van der Waals surface area contributed by atoms with E-state index in [1.165, 1.54) is 0 Å². The SMILES string of the molecule is CN(C)C(O)SCC[N+](C)(C)C. The lowest BCUT2D eigenvalue weighted by atomic mass is 10.6. The van der Waals surface area contributed by atoms with Gasteiger partial charge in [0.2, 0.25) is 0 Å². The first kappa shape index (κ1) is 12.2. The number of aliphatic hydroxyl groups is 1. The first-order chi connectivity index (χ1) is 5.33. The molecule has 0 saturated carbocycles. The number of hydrogen-bond acceptors (Lipinski definition) is 3. The summed E-state index contributed by atoms with van der Waals surface area (Å²) in [6, 6.07) is 0. The number of hydrogen-bond donors (Lipinski definition) is 1. The molecule has 74 valence electrons. The standard InChI is InChI=1S/C8H21N2OS/c1-9(2)8(11)12-7-6-10(3,4)5/h8,11H,6-7H2,1-5H3/q+1. The first-order valence-electron chi connectivity index (χ1n) is 4.09. The maximum atomic E-state index is 9.41. The van der Waals surface area contributed by atoms with Gasteiger partial charge in [-0.1, -0.05) is 0 Å². The predicted octanol–water partition coefficient (Wildman–Crippen LogP) is 0.263. The van der Waals surface area contributed by atoms with Crippen LogP contribution in [0.2, 0.25) is 0 Å². The van der Waals surface area contributed by atoms with Crippen LogP contribution in [0.4, 0.5) is 0 Å². The molecule has 0 aromatic heterocycles. The molecule has 0 aliphatic rings. The van der Waals surface area contributed by atoms with Crippen molar-refractivity contribution in [3.63, 3.8) is 0 Å². The lowest BCUT2D eigenvalue weighted by molar-refractivity contribution is -0.867. The van der Waals surface area contributed by atoms with Crippen LogP contribution in [-0.2, 0) is 0 Å². The molecule has 1 N–H and O–H groups in total. The van der Waals surface area contributed by atoms with Crippen LogP contribution in [0.3, 0.4) is 0 Å². The summed E-state index contributed by atoms with van der Waals surface area (Å²) in [5.74, 6) is 0.989. The molecule has 1 atom stereocenters. The van der Waals surface area contributed by atoms with E-state index in [4.69, 9.17) is 0 Å². The Labute approximate surface area is 79.9 Å². The van der Waals surface area contributed by atoms with Gasteiger partial charge >= 0.3 is 0 Å². The maximum absolute atomic E-state index is 9.41. The summed E-state index contributed by atoms with van der Waals surface area (Å²) >= 11 is 1.58. The Bertz CT molecular complexity index is 123. The van der Waals surface area contributed by atoms with Crippen LogP contribution in [0.5, 0.6) is 0 Å². The Balaban J connectivity index is 3.44. The van der Waals surface area contributed by atoms with E-state index in [9.17, 15) is 5.11 Å². The number of quaternary nitrogens is 1. The van der Waals surface area contributed by atoms with E-state index < -0.39 is 0 Å². The van der Waals surface area contributed by atoms with Crippen LogP contribution in [0.25, 0.3) is 0 Å². The van der Waals surface area contributed by atoms with Gasteiger partial charge in [-0.05, 0) is 14.1 Å². The largest absolute Gasteiger partial charge is 0.369 e. The summed E-state index contributed by atoms with van der Waals surface area (Å²) < 4.78 is 0.952. The second kappa shape index (κ2) is 5.07. The zero-order valence-corrected chi connectivity index (χ0v) is 9.56. The van der Waals surface area contributed by atoms with E-state index in [1.807, 2.05) is 14.1 Å². The summed E-state index contributed by atoms with van der Waals surface area (Å²) in [5, 5.41) is 9.41. The Morgan fingerprint density at radius 3 is 2.17 bits per heavy atom. The van der Waals surface area contributed by atoms with Crippen LogP contribution in [0, 0.1) is 0 Å². The molecule has 0 bridgehead atoms. The number of nitrogens with zero attached hydrogens (tertiary/aromatic N) is 2. The molecule has 0 aliphatic carbocycles. The monoisotopic (exact) mass is 193 g/mol. The third-order valence-electron chi connectivity index (χ3n) is 1.47. The van der Waals surface area contributed by atoms with Crippen LogP contribution in [0.15, 0.2) is 0 Å². The topological polar surface area (TPSA) is 23.5 Å². The van der Waals surface area contributed by atoms with Gasteiger partial charge < -0.3 is 9.59 Å². The molecule has 4 heteroatoms. The molecule has 0 aromatic rings. The van der Waals surface area contributed by atoms with E-state index in [-0.39, 0.29) is 5.56 Å². The Morgan fingerprint density at radius 1 is 1.33 bits per heavy atom. The van der Waals surface area contributed by atoms with E-state index in [2.05, 4.69) is 21.1 Å². The zero-order valence-electron chi connectivity index (χ0n) is 8.74.